The minimum atomic E-state index is -0.602. The van der Waals surface area contributed by atoms with Gasteiger partial charge in [-0.3, -0.25) is 14.6 Å². The Kier molecular flexibility index (Phi) is 7.27. The van der Waals surface area contributed by atoms with Crippen LogP contribution in [0.25, 0.3) is 0 Å². The minimum absolute atomic E-state index is 0.224. The molecule has 0 aliphatic heterocycles. The fourth-order valence-electron chi connectivity index (χ4n) is 1.97. The number of hydrogen-bond donors (Lipinski definition) is 2. The molecule has 2 aromatic rings. The van der Waals surface area contributed by atoms with E-state index in [1.807, 2.05) is 42.5 Å². The predicted octanol–water partition coefficient (Wildman–Crippen LogP) is 2.76. The first kappa shape index (κ1) is 18.5. The van der Waals surface area contributed by atoms with E-state index in [4.69, 9.17) is 0 Å². The van der Waals surface area contributed by atoms with Gasteiger partial charge in [-0.15, -0.1) is 11.8 Å². The lowest BCUT2D eigenvalue weighted by molar-refractivity contribution is -0.127. The number of pyridine rings is 1. The van der Waals surface area contributed by atoms with Crippen LogP contribution in [-0.4, -0.2) is 28.6 Å². The highest BCUT2D eigenvalue weighted by Crippen LogP contribution is 2.22. The molecule has 5 nitrogen and oxygen atoms in total. The van der Waals surface area contributed by atoms with Crippen LogP contribution in [0.4, 0.5) is 0 Å². The monoisotopic (exact) mass is 407 g/mol. The van der Waals surface area contributed by atoms with Crippen LogP contribution in [0.3, 0.4) is 0 Å². The fourth-order valence-corrected chi connectivity index (χ4v) is 3.50. The third-order valence-electron chi connectivity index (χ3n) is 3.08. The topological polar surface area (TPSA) is 71.1 Å². The maximum Gasteiger partial charge on any atom is 0.243 e. The second-order valence-electron chi connectivity index (χ2n) is 5.06. The summed E-state index contributed by atoms with van der Waals surface area (Å²) < 4.78 is 0.975. The number of thioether (sulfide) groups is 1. The van der Waals surface area contributed by atoms with Crippen molar-refractivity contribution >= 4 is 39.5 Å². The highest BCUT2D eigenvalue weighted by atomic mass is 79.9. The van der Waals surface area contributed by atoms with Crippen LogP contribution in [0, 0.1) is 0 Å². The summed E-state index contributed by atoms with van der Waals surface area (Å²) in [6.07, 6.45) is 1.68. The number of carbonyl (C=O) groups is 2. The zero-order valence-electron chi connectivity index (χ0n) is 13.2. The van der Waals surface area contributed by atoms with Crippen LogP contribution in [-0.2, 0) is 16.1 Å². The summed E-state index contributed by atoms with van der Waals surface area (Å²) in [4.78, 5) is 28.9. The molecule has 0 radical (unpaired) electrons. The number of amides is 2. The lowest BCUT2D eigenvalue weighted by atomic mass is 10.3. The summed E-state index contributed by atoms with van der Waals surface area (Å²) in [6.45, 7) is 1.74. The number of nitrogens with zero attached hydrogens (tertiary/aromatic N) is 1. The van der Waals surface area contributed by atoms with E-state index in [1.165, 1.54) is 18.7 Å². The van der Waals surface area contributed by atoms with Gasteiger partial charge in [-0.05, 0) is 30.3 Å². The zero-order chi connectivity index (χ0) is 17.4. The van der Waals surface area contributed by atoms with Crippen molar-refractivity contribution in [3.8, 4) is 0 Å². The second-order valence-corrected chi connectivity index (χ2v) is 7.07. The number of benzene rings is 1. The molecule has 126 valence electrons. The summed E-state index contributed by atoms with van der Waals surface area (Å²) in [5.74, 6) is -0.00875. The van der Waals surface area contributed by atoms with E-state index in [-0.39, 0.29) is 11.8 Å². The van der Waals surface area contributed by atoms with E-state index < -0.39 is 6.04 Å². The predicted molar refractivity (Wildman–Crippen MR) is 98.6 cm³/mol. The van der Waals surface area contributed by atoms with Crippen molar-refractivity contribution in [1.29, 1.82) is 0 Å². The third-order valence-corrected chi connectivity index (χ3v) is 4.66. The van der Waals surface area contributed by atoms with E-state index >= 15 is 0 Å². The maximum absolute atomic E-state index is 12.4. The van der Waals surface area contributed by atoms with Crippen molar-refractivity contribution in [3.05, 3.63) is 58.8 Å². The molecule has 2 N–H and O–H groups in total. The molecule has 1 atom stereocenters. The first-order valence-corrected chi connectivity index (χ1v) is 9.15. The molecule has 1 aromatic carbocycles. The number of halogens is 1. The van der Waals surface area contributed by atoms with Crippen molar-refractivity contribution in [3.63, 3.8) is 0 Å². The van der Waals surface area contributed by atoms with Crippen molar-refractivity contribution in [2.45, 2.75) is 24.4 Å². The largest absolute Gasteiger partial charge is 0.349 e. The van der Waals surface area contributed by atoms with Gasteiger partial charge in [0.1, 0.15) is 6.04 Å². The van der Waals surface area contributed by atoms with Crippen LogP contribution < -0.4 is 10.6 Å². The van der Waals surface area contributed by atoms with E-state index in [0.717, 1.165) is 15.1 Å². The number of aromatic nitrogens is 1. The average Bonchev–Trinajstić information content (AvgIpc) is 2.57. The van der Waals surface area contributed by atoms with Gasteiger partial charge in [0.15, 0.2) is 0 Å². The molecule has 0 aliphatic rings. The van der Waals surface area contributed by atoms with Crippen LogP contribution in [0.2, 0.25) is 0 Å². The molecular weight excluding hydrogens is 390 g/mol. The van der Waals surface area contributed by atoms with Gasteiger partial charge >= 0.3 is 0 Å². The highest BCUT2D eigenvalue weighted by molar-refractivity contribution is 9.10. The van der Waals surface area contributed by atoms with E-state index in [0.29, 0.717) is 12.3 Å². The van der Waals surface area contributed by atoms with Gasteiger partial charge in [0, 0.05) is 28.2 Å². The van der Waals surface area contributed by atoms with Gasteiger partial charge in [-0.1, -0.05) is 28.1 Å². The molecular formula is C17H18BrN3O2S. The lowest BCUT2D eigenvalue weighted by Crippen LogP contribution is -2.47. The Balaban J connectivity index is 1.93. The summed E-state index contributed by atoms with van der Waals surface area (Å²) in [5.41, 5.74) is 0.770. The molecule has 0 fully saturated rings. The van der Waals surface area contributed by atoms with Gasteiger partial charge in [0.05, 0.1) is 12.2 Å². The van der Waals surface area contributed by atoms with E-state index in [2.05, 4.69) is 31.5 Å². The first-order chi connectivity index (χ1) is 11.5. The highest BCUT2D eigenvalue weighted by Gasteiger charge is 2.19. The smallest absolute Gasteiger partial charge is 0.243 e. The molecule has 1 heterocycles. The van der Waals surface area contributed by atoms with Crippen LogP contribution >= 0.6 is 27.7 Å². The van der Waals surface area contributed by atoms with Gasteiger partial charge in [0.2, 0.25) is 11.8 Å². The summed E-state index contributed by atoms with van der Waals surface area (Å²) in [5, 5.41) is 5.51. The normalized spacial score (nSPS) is 11.6. The van der Waals surface area contributed by atoms with Crippen molar-refractivity contribution in [1.82, 2.24) is 15.6 Å². The maximum atomic E-state index is 12.4. The molecule has 1 unspecified atom stereocenters. The Morgan fingerprint density at radius 2 is 2.08 bits per heavy atom. The van der Waals surface area contributed by atoms with Crippen molar-refractivity contribution in [2.75, 3.05) is 5.75 Å². The van der Waals surface area contributed by atoms with Gasteiger partial charge in [0.25, 0.3) is 0 Å². The first-order valence-electron chi connectivity index (χ1n) is 7.37. The molecule has 1 aromatic heterocycles. The third kappa shape index (κ3) is 6.33. The molecule has 0 bridgehead atoms. The van der Waals surface area contributed by atoms with Crippen LogP contribution in [0.1, 0.15) is 12.6 Å². The van der Waals surface area contributed by atoms with Crippen LogP contribution in [0.15, 0.2) is 58.0 Å². The lowest BCUT2D eigenvalue weighted by Gasteiger charge is -2.17. The zero-order valence-corrected chi connectivity index (χ0v) is 15.6. The Morgan fingerprint density at radius 3 is 2.75 bits per heavy atom. The molecule has 0 saturated carbocycles. The SMILES string of the molecule is CC(=O)NC(CSc1cccc(Br)c1)C(=O)NCc1ccccn1. The fraction of sp³-hybridized carbons (Fsp3) is 0.235. The van der Waals surface area contributed by atoms with Gasteiger partial charge < -0.3 is 10.6 Å². The van der Waals surface area contributed by atoms with Crippen LogP contribution in [0.5, 0.6) is 0 Å². The quantitative estimate of drug-likeness (QED) is 0.692. The summed E-state index contributed by atoms with van der Waals surface area (Å²) in [7, 11) is 0. The summed E-state index contributed by atoms with van der Waals surface area (Å²) >= 11 is 4.93. The Bertz CT molecular complexity index is 697. The Hall–Kier alpha value is -1.86. The van der Waals surface area contributed by atoms with Gasteiger partial charge in [-0.2, -0.15) is 0 Å². The molecule has 7 heteroatoms. The molecule has 24 heavy (non-hydrogen) atoms. The van der Waals surface area contributed by atoms with E-state index in [1.54, 1.807) is 6.20 Å². The Morgan fingerprint density at radius 1 is 1.25 bits per heavy atom. The number of nitrogens with one attached hydrogen (secondary N) is 2. The molecule has 2 rings (SSSR count). The standard InChI is InChI=1S/C17H18BrN3O2S/c1-12(22)21-16(11-24-15-7-4-5-13(18)9-15)17(23)20-10-14-6-2-3-8-19-14/h2-9,16H,10-11H2,1H3,(H,20,23)(H,21,22). The minimum Gasteiger partial charge on any atom is -0.349 e. The molecule has 0 spiro atoms. The number of carbonyl (C=O) groups excluding carboxylic acids is 2. The number of rotatable bonds is 7. The van der Waals surface area contributed by atoms with Crippen molar-refractivity contribution in [2.24, 2.45) is 0 Å². The Labute approximate surface area is 153 Å². The van der Waals surface area contributed by atoms with Crippen molar-refractivity contribution < 1.29 is 9.59 Å². The molecule has 2 amide bonds. The number of hydrogen-bond acceptors (Lipinski definition) is 4. The average molecular weight is 408 g/mol. The second kappa shape index (κ2) is 9.44. The molecule has 0 saturated heterocycles. The molecule has 0 aliphatic carbocycles. The van der Waals surface area contributed by atoms with E-state index in [9.17, 15) is 9.59 Å². The summed E-state index contributed by atoms with van der Waals surface area (Å²) in [6, 6.07) is 12.7. The van der Waals surface area contributed by atoms with Gasteiger partial charge in [-0.25, -0.2) is 0 Å².